The van der Waals surface area contributed by atoms with Gasteiger partial charge in [0.25, 0.3) is 5.69 Å². The molecule has 1 unspecified atom stereocenters. The summed E-state index contributed by atoms with van der Waals surface area (Å²) in [7, 11) is 0. The number of pyridine rings is 1. The number of nitrogens with one attached hydrogen (secondary N) is 1. The summed E-state index contributed by atoms with van der Waals surface area (Å²) in [6.45, 7) is 3.02. The summed E-state index contributed by atoms with van der Waals surface area (Å²) >= 11 is 0. The molecular weight excluding hydrogens is 214 g/mol. The zero-order valence-electron chi connectivity index (χ0n) is 8.80. The summed E-state index contributed by atoms with van der Waals surface area (Å²) < 4.78 is 0. The van der Waals surface area contributed by atoms with Crippen LogP contribution in [0.1, 0.15) is 12.5 Å². The van der Waals surface area contributed by atoms with Crippen molar-refractivity contribution >= 4 is 17.5 Å². The highest BCUT2D eigenvalue weighted by molar-refractivity contribution is 5.76. The number of aryl methyl sites for hydroxylation is 1. The SMILES string of the molecule is Cc1cc(NC(C)C(=O)O)ncc1[N+](=O)[O-]. The van der Waals surface area contributed by atoms with Crippen LogP contribution in [0.3, 0.4) is 0 Å². The highest BCUT2D eigenvalue weighted by Crippen LogP contribution is 2.19. The first-order valence-corrected chi connectivity index (χ1v) is 4.52. The number of rotatable bonds is 4. The average molecular weight is 225 g/mol. The second-order valence-electron chi connectivity index (χ2n) is 3.32. The number of hydrogen-bond acceptors (Lipinski definition) is 5. The first-order valence-electron chi connectivity index (χ1n) is 4.52. The lowest BCUT2D eigenvalue weighted by atomic mass is 10.2. The van der Waals surface area contributed by atoms with Crippen LogP contribution < -0.4 is 5.32 Å². The zero-order chi connectivity index (χ0) is 12.3. The van der Waals surface area contributed by atoms with Gasteiger partial charge in [-0.15, -0.1) is 0 Å². The lowest BCUT2D eigenvalue weighted by Crippen LogP contribution is -2.25. The Balaban J connectivity index is 2.89. The van der Waals surface area contributed by atoms with E-state index in [0.717, 1.165) is 6.20 Å². The van der Waals surface area contributed by atoms with E-state index in [0.29, 0.717) is 11.4 Å². The second-order valence-corrected chi connectivity index (χ2v) is 3.32. The third-order valence-electron chi connectivity index (χ3n) is 2.01. The van der Waals surface area contributed by atoms with Crippen molar-refractivity contribution in [3.63, 3.8) is 0 Å². The molecule has 0 saturated heterocycles. The minimum atomic E-state index is -1.02. The molecule has 0 amide bonds. The first-order chi connectivity index (χ1) is 7.41. The van der Waals surface area contributed by atoms with Crippen LogP contribution in [-0.2, 0) is 4.79 Å². The van der Waals surface area contributed by atoms with Gasteiger partial charge in [-0.05, 0) is 19.9 Å². The molecule has 0 aliphatic carbocycles. The van der Waals surface area contributed by atoms with E-state index in [9.17, 15) is 14.9 Å². The van der Waals surface area contributed by atoms with E-state index < -0.39 is 16.9 Å². The molecule has 1 atom stereocenters. The topological polar surface area (TPSA) is 105 Å². The smallest absolute Gasteiger partial charge is 0.325 e. The quantitative estimate of drug-likeness (QED) is 0.588. The van der Waals surface area contributed by atoms with E-state index in [1.807, 2.05) is 0 Å². The Bertz CT molecular complexity index is 433. The fraction of sp³-hybridized carbons (Fsp3) is 0.333. The predicted octanol–water partition coefficient (Wildman–Crippen LogP) is 1.18. The van der Waals surface area contributed by atoms with E-state index in [2.05, 4.69) is 10.3 Å². The van der Waals surface area contributed by atoms with Crippen molar-refractivity contribution in [1.29, 1.82) is 0 Å². The molecule has 16 heavy (non-hydrogen) atoms. The number of carboxylic acid groups (broad SMARTS) is 1. The summed E-state index contributed by atoms with van der Waals surface area (Å²) in [4.78, 5) is 24.3. The maximum absolute atomic E-state index is 10.6. The molecule has 1 aromatic rings. The van der Waals surface area contributed by atoms with Crippen LogP contribution in [0.2, 0.25) is 0 Å². The van der Waals surface area contributed by atoms with E-state index in [1.54, 1.807) is 6.92 Å². The summed E-state index contributed by atoms with van der Waals surface area (Å²) in [6.07, 6.45) is 1.10. The maximum Gasteiger partial charge on any atom is 0.325 e. The van der Waals surface area contributed by atoms with E-state index >= 15 is 0 Å². The second kappa shape index (κ2) is 4.56. The molecule has 0 saturated carbocycles. The standard InChI is InChI=1S/C9H11N3O4/c1-5-3-8(11-6(2)9(13)14)10-4-7(5)12(15)16/h3-4,6H,1-2H3,(H,10,11)(H,13,14). The molecule has 0 aliphatic rings. The van der Waals surface area contributed by atoms with Crippen molar-refractivity contribution in [3.05, 3.63) is 27.9 Å². The van der Waals surface area contributed by atoms with Crippen LogP contribution >= 0.6 is 0 Å². The largest absolute Gasteiger partial charge is 0.480 e. The summed E-state index contributed by atoms with van der Waals surface area (Å²) in [5.41, 5.74) is 0.341. The van der Waals surface area contributed by atoms with Gasteiger partial charge in [-0.3, -0.25) is 14.9 Å². The van der Waals surface area contributed by atoms with Gasteiger partial charge in [-0.2, -0.15) is 0 Å². The minimum Gasteiger partial charge on any atom is -0.480 e. The van der Waals surface area contributed by atoms with Gasteiger partial charge in [0.15, 0.2) is 0 Å². The molecule has 86 valence electrons. The van der Waals surface area contributed by atoms with Crippen molar-refractivity contribution in [2.24, 2.45) is 0 Å². The summed E-state index contributed by atoms with van der Waals surface area (Å²) in [5.74, 6) is -0.712. The highest BCUT2D eigenvalue weighted by Gasteiger charge is 2.14. The molecule has 1 heterocycles. The van der Waals surface area contributed by atoms with Crippen molar-refractivity contribution in [2.45, 2.75) is 19.9 Å². The van der Waals surface area contributed by atoms with Gasteiger partial charge < -0.3 is 10.4 Å². The Morgan fingerprint density at radius 2 is 2.31 bits per heavy atom. The van der Waals surface area contributed by atoms with Gasteiger partial charge in [0.1, 0.15) is 18.1 Å². The number of carboxylic acids is 1. The molecule has 0 radical (unpaired) electrons. The fourth-order valence-corrected chi connectivity index (χ4v) is 1.10. The van der Waals surface area contributed by atoms with Crippen molar-refractivity contribution in [2.75, 3.05) is 5.32 Å². The van der Waals surface area contributed by atoms with Gasteiger partial charge in [-0.1, -0.05) is 0 Å². The van der Waals surface area contributed by atoms with Crippen LogP contribution in [0.15, 0.2) is 12.3 Å². The van der Waals surface area contributed by atoms with Crippen molar-refractivity contribution in [3.8, 4) is 0 Å². The number of nitro groups is 1. The van der Waals surface area contributed by atoms with Gasteiger partial charge in [0, 0.05) is 5.56 Å². The Hall–Kier alpha value is -2.18. The summed E-state index contributed by atoms with van der Waals surface area (Å²) in [5, 5.41) is 21.8. The number of aliphatic carboxylic acids is 1. The Labute approximate surface area is 91.3 Å². The number of aromatic nitrogens is 1. The van der Waals surface area contributed by atoms with E-state index in [4.69, 9.17) is 5.11 Å². The van der Waals surface area contributed by atoms with Crippen molar-refractivity contribution < 1.29 is 14.8 Å². The Morgan fingerprint density at radius 1 is 1.69 bits per heavy atom. The minimum absolute atomic E-state index is 0.0893. The number of nitrogens with zero attached hydrogens (tertiary/aromatic N) is 2. The van der Waals surface area contributed by atoms with Gasteiger partial charge in [0.05, 0.1) is 4.92 Å². The van der Waals surface area contributed by atoms with Crippen LogP contribution in [0, 0.1) is 17.0 Å². The fourth-order valence-electron chi connectivity index (χ4n) is 1.10. The van der Waals surface area contributed by atoms with E-state index in [1.165, 1.54) is 13.0 Å². The molecule has 0 aliphatic heterocycles. The monoisotopic (exact) mass is 225 g/mol. The molecule has 2 N–H and O–H groups in total. The van der Waals surface area contributed by atoms with Crippen LogP contribution in [0.4, 0.5) is 11.5 Å². The summed E-state index contributed by atoms with van der Waals surface area (Å²) in [6, 6.07) is 0.644. The maximum atomic E-state index is 10.6. The Kier molecular flexibility index (Phi) is 3.39. The number of anilines is 1. The highest BCUT2D eigenvalue weighted by atomic mass is 16.6. The first kappa shape index (κ1) is 11.9. The van der Waals surface area contributed by atoms with E-state index in [-0.39, 0.29) is 5.69 Å². The van der Waals surface area contributed by atoms with Crippen LogP contribution in [-0.4, -0.2) is 27.0 Å². The Morgan fingerprint density at radius 3 is 2.75 bits per heavy atom. The molecule has 0 fully saturated rings. The zero-order valence-corrected chi connectivity index (χ0v) is 8.80. The molecule has 0 bridgehead atoms. The molecule has 0 aromatic carbocycles. The lowest BCUT2D eigenvalue weighted by molar-refractivity contribution is -0.385. The molecule has 1 aromatic heterocycles. The molecule has 0 spiro atoms. The number of carbonyl (C=O) groups is 1. The van der Waals surface area contributed by atoms with Gasteiger partial charge >= 0.3 is 5.97 Å². The molecule has 7 nitrogen and oxygen atoms in total. The van der Waals surface area contributed by atoms with Crippen LogP contribution in [0.5, 0.6) is 0 Å². The number of hydrogen-bond donors (Lipinski definition) is 2. The lowest BCUT2D eigenvalue weighted by Gasteiger charge is -2.09. The third-order valence-corrected chi connectivity index (χ3v) is 2.01. The molecule has 7 heteroatoms. The average Bonchev–Trinajstić information content (AvgIpc) is 2.16. The van der Waals surface area contributed by atoms with Gasteiger partial charge in [-0.25, -0.2) is 4.98 Å². The van der Waals surface area contributed by atoms with Gasteiger partial charge in [0.2, 0.25) is 0 Å². The normalized spacial score (nSPS) is 11.9. The van der Waals surface area contributed by atoms with Crippen molar-refractivity contribution in [1.82, 2.24) is 4.98 Å². The molecule has 1 rings (SSSR count). The predicted molar refractivity (Wildman–Crippen MR) is 56.3 cm³/mol. The third kappa shape index (κ3) is 2.66. The van der Waals surface area contributed by atoms with Crippen LogP contribution in [0.25, 0.3) is 0 Å². The molecular formula is C9H11N3O4.